The number of thioether (sulfide) groups is 1. The lowest BCUT2D eigenvalue weighted by molar-refractivity contribution is -0.127. The molecule has 0 radical (unpaired) electrons. The molecule has 2 aromatic rings. The molecule has 27 heavy (non-hydrogen) atoms. The molecule has 0 saturated carbocycles. The smallest absolute Gasteiger partial charge is 0.261 e. The van der Waals surface area contributed by atoms with Gasteiger partial charge < -0.3 is 10.1 Å². The summed E-state index contributed by atoms with van der Waals surface area (Å²) < 4.78 is 5.83. The fourth-order valence-corrected chi connectivity index (χ4v) is 4.09. The number of hydrogen-bond acceptors (Lipinski definition) is 3. The summed E-state index contributed by atoms with van der Waals surface area (Å²) in [6, 6.07) is 13.4. The van der Waals surface area contributed by atoms with Crippen molar-refractivity contribution in [3.8, 4) is 5.75 Å². The maximum atomic E-state index is 12.4. The molecule has 0 aliphatic carbocycles. The summed E-state index contributed by atoms with van der Waals surface area (Å²) in [5.74, 6) is 2.12. The van der Waals surface area contributed by atoms with E-state index >= 15 is 0 Å². The molecule has 0 heterocycles. The first kappa shape index (κ1) is 21.9. The van der Waals surface area contributed by atoms with Crippen molar-refractivity contribution in [2.75, 3.05) is 12.3 Å². The molecule has 1 atom stereocenters. The van der Waals surface area contributed by atoms with Gasteiger partial charge in [0, 0.05) is 28.1 Å². The summed E-state index contributed by atoms with van der Waals surface area (Å²) in [6.07, 6.45) is 1.11. The Bertz CT molecular complexity index is 717. The molecular weight excluding hydrogens is 401 g/mol. The van der Waals surface area contributed by atoms with Crippen molar-refractivity contribution < 1.29 is 9.53 Å². The summed E-state index contributed by atoms with van der Waals surface area (Å²) in [7, 11) is 0. The summed E-state index contributed by atoms with van der Waals surface area (Å²) in [4.78, 5) is 12.4. The molecule has 2 rings (SSSR count). The molecule has 1 amide bonds. The minimum absolute atomic E-state index is 0.0894. The third kappa shape index (κ3) is 6.95. The Morgan fingerprint density at radius 3 is 2.37 bits per heavy atom. The van der Waals surface area contributed by atoms with E-state index in [0.717, 1.165) is 23.5 Å². The summed E-state index contributed by atoms with van der Waals surface area (Å²) in [6.45, 7) is 4.62. The molecule has 6 heteroatoms. The predicted molar refractivity (Wildman–Crippen MR) is 116 cm³/mol. The van der Waals surface area contributed by atoms with Crippen molar-refractivity contribution >= 4 is 40.9 Å². The van der Waals surface area contributed by atoms with Crippen LogP contribution in [0.5, 0.6) is 5.75 Å². The molecule has 0 aliphatic heterocycles. The Morgan fingerprint density at radius 2 is 1.78 bits per heavy atom. The highest BCUT2D eigenvalue weighted by Gasteiger charge is 2.17. The molecule has 0 aromatic heterocycles. The Kier molecular flexibility index (Phi) is 9.32. The van der Waals surface area contributed by atoms with E-state index in [1.54, 1.807) is 11.8 Å². The topological polar surface area (TPSA) is 38.3 Å². The number of carbonyl (C=O) groups is 1. The second-order valence-electron chi connectivity index (χ2n) is 6.06. The maximum Gasteiger partial charge on any atom is 0.261 e. The Morgan fingerprint density at radius 1 is 1.11 bits per heavy atom. The third-order valence-corrected chi connectivity index (χ3v) is 5.82. The van der Waals surface area contributed by atoms with Gasteiger partial charge in [-0.1, -0.05) is 55.2 Å². The number of nitrogens with one attached hydrogen (secondary N) is 1. The molecule has 0 spiro atoms. The maximum absolute atomic E-state index is 12.4. The fourth-order valence-electron chi connectivity index (χ4n) is 2.49. The molecule has 0 fully saturated rings. The second-order valence-corrected chi connectivity index (χ2v) is 7.98. The van der Waals surface area contributed by atoms with Crippen LogP contribution in [0.15, 0.2) is 42.5 Å². The fraction of sp³-hybridized carbons (Fsp3) is 0.381. The molecule has 1 N–H and O–H groups in total. The minimum Gasteiger partial charge on any atom is -0.481 e. The molecule has 2 aromatic carbocycles. The van der Waals surface area contributed by atoms with Crippen LogP contribution in [0.4, 0.5) is 0 Å². The van der Waals surface area contributed by atoms with Gasteiger partial charge in [-0.05, 0) is 48.2 Å². The number of ether oxygens (including phenoxy) is 1. The minimum atomic E-state index is -0.486. The van der Waals surface area contributed by atoms with Crippen LogP contribution < -0.4 is 10.1 Å². The van der Waals surface area contributed by atoms with Crippen molar-refractivity contribution in [3.05, 3.63) is 63.6 Å². The zero-order valence-corrected chi connectivity index (χ0v) is 18.0. The van der Waals surface area contributed by atoms with E-state index in [1.165, 1.54) is 5.56 Å². The standard InChI is InChI=1S/C21H25Cl2NO2S/c1-3-15-8-10-16(11-9-15)26-20(4-2)21(25)24-12-13-27-14-17-18(22)6-5-7-19(17)23/h5-11,20H,3-4,12-14H2,1-2H3,(H,24,25). The van der Waals surface area contributed by atoms with Crippen LogP contribution in [0.1, 0.15) is 31.4 Å². The third-order valence-electron chi connectivity index (χ3n) is 4.13. The average Bonchev–Trinajstić information content (AvgIpc) is 2.68. The Balaban J connectivity index is 1.74. The largest absolute Gasteiger partial charge is 0.481 e. The monoisotopic (exact) mass is 425 g/mol. The van der Waals surface area contributed by atoms with E-state index in [2.05, 4.69) is 12.2 Å². The van der Waals surface area contributed by atoms with Gasteiger partial charge in [-0.2, -0.15) is 11.8 Å². The van der Waals surface area contributed by atoms with Gasteiger partial charge >= 0.3 is 0 Å². The van der Waals surface area contributed by atoms with Gasteiger partial charge in [0.05, 0.1) is 0 Å². The number of carbonyl (C=O) groups excluding carboxylic acids is 1. The van der Waals surface area contributed by atoms with E-state index in [1.807, 2.05) is 49.4 Å². The van der Waals surface area contributed by atoms with Crippen LogP contribution in [-0.4, -0.2) is 24.3 Å². The van der Waals surface area contributed by atoms with Crippen LogP contribution >= 0.6 is 35.0 Å². The van der Waals surface area contributed by atoms with Crippen LogP contribution in [0.3, 0.4) is 0 Å². The molecule has 146 valence electrons. The molecule has 3 nitrogen and oxygen atoms in total. The van der Waals surface area contributed by atoms with Crippen LogP contribution in [0.2, 0.25) is 10.0 Å². The van der Waals surface area contributed by atoms with Gasteiger partial charge in [-0.25, -0.2) is 0 Å². The van der Waals surface area contributed by atoms with E-state index < -0.39 is 6.10 Å². The summed E-state index contributed by atoms with van der Waals surface area (Å²) >= 11 is 14.0. The number of amides is 1. The molecule has 0 saturated heterocycles. The van der Waals surface area contributed by atoms with Crippen LogP contribution in [0.25, 0.3) is 0 Å². The number of halogens is 2. The first-order valence-electron chi connectivity index (χ1n) is 9.09. The number of rotatable bonds is 10. The van der Waals surface area contributed by atoms with Crippen molar-refractivity contribution in [1.29, 1.82) is 0 Å². The Hall–Kier alpha value is -1.36. The molecule has 0 aliphatic rings. The molecule has 0 bridgehead atoms. The lowest BCUT2D eigenvalue weighted by Gasteiger charge is -2.17. The van der Waals surface area contributed by atoms with Gasteiger partial charge in [-0.15, -0.1) is 0 Å². The van der Waals surface area contributed by atoms with Crippen molar-refractivity contribution in [2.24, 2.45) is 0 Å². The second kappa shape index (κ2) is 11.5. The van der Waals surface area contributed by atoms with Gasteiger partial charge in [0.1, 0.15) is 5.75 Å². The quantitative estimate of drug-likeness (QED) is 0.491. The molecular formula is C21H25Cl2NO2S. The van der Waals surface area contributed by atoms with Gasteiger partial charge in [0.2, 0.25) is 0 Å². The van der Waals surface area contributed by atoms with Crippen molar-refractivity contribution in [1.82, 2.24) is 5.32 Å². The van der Waals surface area contributed by atoms with Gasteiger partial charge in [0.15, 0.2) is 6.10 Å². The predicted octanol–water partition coefficient (Wildman–Crippen LogP) is 5.76. The van der Waals surface area contributed by atoms with Gasteiger partial charge in [0.25, 0.3) is 5.91 Å². The Labute approximate surface area is 175 Å². The van der Waals surface area contributed by atoms with Gasteiger partial charge in [-0.3, -0.25) is 4.79 Å². The number of aryl methyl sites for hydroxylation is 1. The van der Waals surface area contributed by atoms with E-state index in [-0.39, 0.29) is 5.91 Å². The van der Waals surface area contributed by atoms with Crippen molar-refractivity contribution in [2.45, 2.75) is 38.5 Å². The lowest BCUT2D eigenvalue weighted by atomic mass is 10.2. The average molecular weight is 426 g/mol. The van der Waals surface area contributed by atoms with E-state index in [9.17, 15) is 4.79 Å². The highest BCUT2D eigenvalue weighted by Crippen LogP contribution is 2.28. The number of hydrogen-bond donors (Lipinski definition) is 1. The van der Waals surface area contributed by atoms with Crippen molar-refractivity contribution in [3.63, 3.8) is 0 Å². The summed E-state index contributed by atoms with van der Waals surface area (Å²) in [5.41, 5.74) is 2.18. The van der Waals surface area contributed by atoms with Crippen LogP contribution in [-0.2, 0) is 17.0 Å². The number of benzene rings is 2. The first-order valence-corrected chi connectivity index (χ1v) is 11.0. The van der Waals surface area contributed by atoms with E-state index in [4.69, 9.17) is 27.9 Å². The normalized spacial score (nSPS) is 11.9. The van der Waals surface area contributed by atoms with E-state index in [0.29, 0.717) is 28.8 Å². The highest BCUT2D eigenvalue weighted by atomic mass is 35.5. The SMILES string of the molecule is CCc1ccc(OC(CC)C(=O)NCCSCc2c(Cl)cccc2Cl)cc1. The lowest BCUT2D eigenvalue weighted by Crippen LogP contribution is -2.39. The molecule has 1 unspecified atom stereocenters. The summed E-state index contributed by atoms with van der Waals surface area (Å²) in [5, 5.41) is 4.29. The first-order chi connectivity index (χ1) is 13.0. The highest BCUT2D eigenvalue weighted by molar-refractivity contribution is 7.98. The zero-order chi connectivity index (χ0) is 19.6. The van der Waals surface area contributed by atoms with Crippen LogP contribution in [0, 0.1) is 0 Å². The zero-order valence-electron chi connectivity index (χ0n) is 15.6.